The molecule has 3 aliphatic rings. The lowest BCUT2D eigenvalue weighted by molar-refractivity contribution is -0.734. The molecule has 29 heavy (non-hydrogen) atoms. The Morgan fingerprint density at radius 3 is 2.59 bits per heavy atom. The predicted molar refractivity (Wildman–Crippen MR) is 107 cm³/mol. The highest BCUT2D eigenvalue weighted by atomic mass is 16.5. The fraction of sp³-hybridized carbons (Fsp3) is 0.591. The van der Waals surface area contributed by atoms with Gasteiger partial charge in [0.05, 0.1) is 18.8 Å². The van der Waals surface area contributed by atoms with E-state index in [-0.39, 0.29) is 30.3 Å². The molecule has 7 nitrogen and oxygen atoms in total. The van der Waals surface area contributed by atoms with Gasteiger partial charge in [-0.15, -0.1) is 0 Å². The van der Waals surface area contributed by atoms with Gasteiger partial charge in [-0.3, -0.25) is 19.3 Å². The summed E-state index contributed by atoms with van der Waals surface area (Å²) < 4.78 is 5.10. The first-order valence-corrected chi connectivity index (χ1v) is 10.4. The minimum atomic E-state index is -1.08. The molecule has 0 aliphatic carbocycles. The molecule has 1 spiro atoms. The second-order valence-corrected chi connectivity index (χ2v) is 9.04. The van der Waals surface area contributed by atoms with Crippen LogP contribution in [0, 0.1) is 31.6 Å². The highest BCUT2D eigenvalue weighted by molar-refractivity contribution is 6.14. The highest BCUT2D eigenvalue weighted by Crippen LogP contribution is 2.50. The summed E-state index contributed by atoms with van der Waals surface area (Å²) >= 11 is 0. The number of amides is 3. The topological polar surface area (TPSA) is 92.3 Å². The predicted octanol–water partition coefficient (Wildman–Crippen LogP) is 0.690. The second-order valence-electron chi connectivity index (χ2n) is 9.04. The Bertz CT molecular complexity index is 896. The Kier molecular flexibility index (Phi) is 4.78. The minimum absolute atomic E-state index is 0.109. The normalized spacial score (nSPS) is 30.5. The van der Waals surface area contributed by atoms with Crippen molar-refractivity contribution in [1.29, 1.82) is 0 Å². The molecule has 0 unspecified atom stereocenters. The first-order chi connectivity index (χ1) is 13.7. The molecule has 1 aromatic carbocycles. The van der Waals surface area contributed by atoms with E-state index in [1.807, 2.05) is 31.3 Å². The number of carbonyl (C=O) groups is 3. The van der Waals surface area contributed by atoms with Crippen molar-refractivity contribution < 1.29 is 24.4 Å². The molecule has 0 aromatic heterocycles. The van der Waals surface area contributed by atoms with Crippen molar-refractivity contribution in [3.05, 3.63) is 28.8 Å². The lowest BCUT2D eigenvalue weighted by Crippen LogP contribution is -2.99. The summed E-state index contributed by atoms with van der Waals surface area (Å²) in [6.07, 6.45) is 0.771. The van der Waals surface area contributed by atoms with Crippen LogP contribution in [0.4, 0.5) is 5.69 Å². The Hall–Kier alpha value is -2.25. The van der Waals surface area contributed by atoms with Crippen molar-refractivity contribution in [2.45, 2.75) is 45.7 Å². The number of rotatable bonds is 5. The van der Waals surface area contributed by atoms with Crippen molar-refractivity contribution in [1.82, 2.24) is 4.90 Å². The first kappa shape index (κ1) is 20.0. The molecule has 4 atom stereocenters. The molecule has 2 saturated heterocycles. The van der Waals surface area contributed by atoms with Crippen LogP contribution in [0.5, 0.6) is 0 Å². The number of fused-ring (bicyclic) bond motifs is 4. The van der Waals surface area contributed by atoms with E-state index in [1.54, 1.807) is 7.11 Å². The molecule has 3 heterocycles. The Morgan fingerprint density at radius 1 is 1.21 bits per heavy atom. The van der Waals surface area contributed by atoms with Crippen LogP contribution in [0.25, 0.3) is 0 Å². The fourth-order valence-electron chi connectivity index (χ4n) is 5.50. The van der Waals surface area contributed by atoms with Gasteiger partial charge < -0.3 is 15.4 Å². The van der Waals surface area contributed by atoms with Gasteiger partial charge in [0.2, 0.25) is 17.4 Å². The smallest absolute Gasteiger partial charge is 0.291 e. The average molecular weight is 400 g/mol. The number of nitrogens with one attached hydrogen (secondary N) is 1. The van der Waals surface area contributed by atoms with Crippen LogP contribution >= 0.6 is 0 Å². The zero-order valence-electron chi connectivity index (χ0n) is 17.7. The third-order valence-electron chi connectivity index (χ3n) is 6.93. The van der Waals surface area contributed by atoms with Gasteiger partial charge in [-0.05, 0) is 37.0 Å². The summed E-state index contributed by atoms with van der Waals surface area (Å²) in [5, 5.41) is 5.06. The number of methoxy groups -OCH3 is 1. The molecule has 1 aromatic rings. The number of benzene rings is 1. The molecule has 3 amide bonds. The number of imide groups is 1. The molecular formula is C22H30N3O4+. The van der Waals surface area contributed by atoms with Gasteiger partial charge in [0.25, 0.3) is 5.91 Å². The molecule has 7 heteroatoms. The minimum Gasteiger partial charge on any atom is -0.383 e. The SMILES string of the molecule is COCCN1C(=O)[C@@H]2[C@H](CC(C)C)[NH2+][C@@]3(C(=O)Nc4c3ccc(C)c4C)[C@@H]2C1=O. The zero-order valence-corrected chi connectivity index (χ0v) is 17.7. The van der Waals surface area contributed by atoms with Crippen LogP contribution < -0.4 is 10.6 Å². The molecule has 3 N–H and O–H groups in total. The summed E-state index contributed by atoms with van der Waals surface area (Å²) in [6.45, 7) is 8.72. The Morgan fingerprint density at radius 2 is 1.93 bits per heavy atom. The van der Waals surface area contributed by atoms with Gasteiger partial charge in [-0.1, -0.05) is 19.9 Å². The maximum atomic E-state index is 13.5. The van der Waals surface area contributed by atoms with E-state index in [9.17, 15) is 14.4 Å². The van der Waals surface area contributed by atoms with Gasteiger partial charge in [0.1, 0.15) is 17.9 Å². The molecule has 0 bridgehead atoms. The van der Waals surface area contributed by atoms with Crippen LogP contribution in [0.15, 0.2) is 12.1 Å². The number of hydrogen-bond donors (Lipinski definition) is 2. The van der Waals surface area contributed by atoms with Gasteiger partial charge in [0.15, 0.2) is 0 Å². The van der Waals surface area contributed by atoms with Gasteiger partial charge in [0, 0.05) is 19.1 Å². The number of hydrogen-bond acceptors (Lipinski definition) is 4. The molecule has 4 rings (SSSR count). The second kappa shape index (κ2) is 6.92. The number of ether oxygens (including phenoxy) is 1. The van der Waals surface area contributed by atoms with Crippen molar-refractivity contribution in [2.24, 2.45) is 17.8 Å². The number of aryl methyl sites for hydroxylation is 1. The summed E-state index contributed by atoms with van der Waals surface area (Å²) in [5.74, 6) is -1.41. The average Bonchev–Trinajstić information content (AvgIpc) is 3.22. The van der Waals surface area contributed by atoms with Crippen LogP contribution in [-0.2, 0) is 24.7 Å². The van der Waals surface area contributed by atoms with E-state index in [1.165, 1.54) is 4.90 Å². The molecule has 156 valence electrons. The largest absolute Gasteiger partial charge is 0.383 e. The maximum absolute atomic E-state index is 13.5. The maximum Gasteiger partial charge on any atom is 0.291 e. The number of quaternary nitrogens is 1. The van der Waals surface area contributed by atoms with Crippen molar-refractivity contribution >= 4 is 23.4 Å². The van der Waals surface area contributed by atoms with Gasteiger partial charge >= 0.3 is 0 Å². The van der Waals surface area contributed by atoms with E-state index >= 15 is 0 Å². The molecule has 0 radical (unpaired) electrons. The molecule has 2 fully saturated rings. The number of nitrogens with two attached hydrogens (primary N) is 1. The van der Waals surface area contributed by atoms with Crippen molar-refractivity contribution in [3.63, 3.8) is 0 Å². The third kappa shape index (κ3) is 2.67. The summed E-state index contributed by atoms with van der Waals surface area (Å²) in [4.78, 5) is 41.5. The Balaban J connectivity index is 1.85. The van der Waals surface area contributed by atoms with E-state index < -0.39 is 17.4 Å². The lowest BCUT2D eigenvalue weighted by atomic mass is 9.75. The van der Waals surface area contributed by atoms with Crippen LogP contribution in [-0.4, -0.2) is 48.9 Å². The first-order valence-electron chi connectivity index (χ1n) is 10.4. The Labute approximate surface area is 171 Å². The number of anilines is 1. The van der Waals surface area contributed by atoms with Gasteiger partial charge in [-0.25, -0.2) is 0 Å². The summed E-state index contributed by atoms with van der Waals surface area (Å²) in [6, 6.07) is 3.84. The zero-order chi connectivity index (χ0) is 21.1. The third-order valence-corrected chi connectivity index (χ3v) is 6.93. The van der Waals surface area contributed by atoms with Crippen LogP contribution in [0.3, 0.4) is 0 Å². The molecular weight excluding hydrogens is 370 g/mol. The standard InChI is InChI=1S/C22H29N3O4/c1-11(2)10-15-16-17(20(27)25(19(16)26)8-9-29-5)22(24-15)14-7-6-12(3)13(4)18(14)23-21(22)28/h6-7,11,15-17,24H,8-10H2,1-5H3,(H,23,28)/p+1/t15-,16+,17-,22+/m0/s1. The molecule has 0 saturated carbocycles. The number of carbonyl (C=O) groups excluding carboxylic acids is 3. The van der Waals surface area contributed by atoms with Crippen molar-refractivity contribution in [2.75, 3.05) is 25.6 Å². The van der Waals surface area contributed by atoms with E-state index in [0.29, 0.717) is 12.5 Å². The molecule has 3 aliphatic heterocycles. The quantitative estimate of drug-likeness (QED) is 0.712. The van der Waals surface area contributed by atoms with E-state index in [4.69, 9.17) is 4.74 Å². The number of nitrogens with zero attached hydrogens (tertiary/aromatic N) is 1. The van der Waals surface area contributed by atoms with Crippen LogP contribution in [0.1, 0.15) is 37.0 Å². The van der Waals surface area contributed by atoms with E-state index in [0.717, 1.165) is 28.8 Å². The monoisotopic (exact) mass is 400 g/mol. The van der Waals surface area contributed by atoms with E-state index in [2.05, 4.69) is 19.2 Å². The van der Waals surface area contributed by atoms with Crippen LogP contribution in [0.2, 0.25) is 0 Å². The van der Waals surface area contributed by atoms with Gasteiger partial charge in [-0.2, -0.15) is 0 Å². The highest BCUT2D eigenvalue weighted by Gasteiger charge is 2.74. The van der Waals surface area contributed by atoms with Crippen molar-refractivity contribution in [3.8, 4) is 0 Å². The summed E-state index contributed by atoms with van der Waals surface area (Å²) in [5.41, 5.74) is 2.65. The number of likely N-dealkylation sites (tertiary alicyclic amines) is 1. The fourth-order valence-corrected chi connectivity index (χ4v) is 5.50. The lowest BCUT2D eigenvalue weighted by Gasteiger charge is -2.26. The summed E-state index contributed by atoms with van der Waals surface area (Å²) in [7, 11) is 1.55.